The van der Waals surface area contributed by atoms with Gasteiger partial charge in [-0.2, -0.15) is 11.8 Å². The fourth-order valence-electron chi connectivity index (χ4n) is 1.73. The molecule has 0 amide bonds. The van der Waals surface area contributed by atoms with E-state index >= 15 is 0 Å². The highest BCUT2D eigenvalue weighted by Crippen LogP contribution is 2.38. The molecule has 0 atom stereocenters. The third-order valence-electron chi connectivity index (χ3n) is 2.63. The third kappa shape index (κ3) is 2.41. The monoisotopic (exact) mass is 201 g/mol. The molecule has 0 aromatic carbocycles. The average Bonchev–Trinajstić information content (AvgIpc) is 2.19. The van der Waals surface area contributed by atoms with E-state index in [0.29, 0.717) is 0 Å². The Labute approximate surface area is 85.1 Å². The largest absolute Gasteiger partial charge is 0.497 e. The summed E-state index contributed by atoms with van der Waals surface area (Å²) in [5.74, 6) is 0.962. The van der Waals surface area contributed by atoms with Crippen molar-refractivity contribution in [3.8, 4) is 0 Å². The predicted molar refractivity (Wildman–Crippen MR) is 59.1 cm³/mol. The van der Waals surface area contributed by atoms with Crippen LogP contribution in [-0.2, 0) is 4.74 Å². The molecule has 1 aliphatic heterocycles. The van der Waals surface area contributed by atoms with Crippen molar-refractivity contribution >= 4 is 11.8 Å². The van der Waals surface area contributed by atoms with Gasteiger partial charge in [-0.15, -0.1) is 0 Å². The maximum Gasteiger partial charge on any atom is 0.105 e. The Morgan fingerprint density at radius 3 is 2.62 bits per heavy atom. The summed E-state index contributed by atoms with van der Waals surface area (Å²) in [4.78, 5) is 0. The lowest BCUT2D eigenvalue weighted by molar-refractivity contribution is 0.190. The summed E-state index contributed by atoms with van der Waals surface area (Å²) in [7, 11) is 0. The minimum absolute atomic E-state index is 0.168. The molecule has 13 heavy (non-hydrogen) atoms. The second kappa shape index (κ2) is 4.91. The highest BCUT2D eigenvalue weighted by atomic mass is 32.2. The summed E-state index contributed by atoms with van der Waals surface area (Å²) < 4.78 is 5.70. The maximum atomic E-state index is 5.53. The second-order valence-corrected chi connectivity index (χ2v) is 4.49. The van der Waals surface area contributed by atoms with Gasteiger partial charge in [0.2, 0.25) is 0 Å². The van der Waals surface area contributed by atoms with Crippen LogP contribution < -0.4 is 5.32 Å². The van der Waals surface area contributed by atoms with Gasteiger partial charge >= 0.3 is 0 Å². The van der Waals surface area contributed by atoms with Gasteiger partial charge in [0.1, 0.15) is 5.76 Å². The van der Waals surface area contributed by atoms with Gasteiger partial charge in [0, 0.05) is 0 Å². The lowest BCUT2D eigenvalue weighted by Gasteiger charge is -2.37. The number of piperidine rings is 1. The fourth-order valence-corrected chi connectivity index (χ4v) is 2.63. The molecule has 0 bridgehead atoms. The summed E-state index contributed by atoms with van der Waals surface area (Å²) in [6, 6.07) is 0. The van der Waals surface area contributed by atoms with Crippen LogP contribution in [0.4, 0.5) is 0 Å². The molecule has 1 aliphatic rings. The van der Waals surface area contributed by atoms with Crippen molar-refractivity contribution in [2.24, 2.45) is 0 Å². The van der Waals surface area contributed by atoms with Crippen molar-refractivity contribution < 1.29 is 4.74 Å². The van der Waals surface area contributed by atoms with E-state index in [-0.39, 0.29) is 4.75 Å². The van der Waals surface area contributed by atoms with E-state index in [1.807, 2.05) is 18.7 Å². The van der Waals surface area contributed by atoms with Crippen molar-refractivity contribution in [1.29, 1.82) is 0 Å². The van der Waals surface area contributed by atoms with Crippen LogP contribution in [0.2, 0.25) is 0 Å². The Kier molecular flexibility index (Phi) is 4.13. The number of hydrogen-bond donors (Lipinski definition) is 1. The van der Waals surface area contributed by atoms with Crippen LogP contribution in [0.15, 0.2) is 12.3 Å². The Morgan fingerprint density at radius 1 is 1.54 bits per heavy atom. The van der Waals surface area contributed by atoms with Crippen molar-refractivity contribution in [2.45, 2.75) is 24.5 Å². The lowest BCUT2D eigenvalue weighted by atomic mass is 9.95. The number of ether oxygens (including phenoxy) is 1. The molecule has 0 spiro atoms. The highest BCUT2D eigenvalue weighted by molar-refractivity contribution is 8.00. The summed E-state index contributed by atoms with van der Waals surface area (Å²) in [5, 5.41) is 3.36. The summed E-state index contributed by atoms with van der Waals surface area (Å²) >= 11 is 1.88. The molecule has 1 N–H and O–H groups in total. The fraction of sp³-hybridized carbons (Fsp3) is 0.800. The first kappa shape index (κ1) is 10.9. The van der Waals surface area contributed by atoms with Crippen LogP contribution >= 0.6 is 11.8 Å². The van der Waals surface area contributed by atoms with E-state index in [2.05, 4.69) is 18.2 Å². The zero-order valence-corrected chi connectivity index (χ0v) is 9.38. The minimum Gasteiger partial charge on any atom is -0.497 e. The van der Waals surface area contributed by atoms with Gasteiger partial charge in [-0.25, -0.2) is 0 Å². The minimum atomic E-state index is 0.168. The SMILES string of the molecule is C=C(OCC)C1(SC)CCNCC1. The quantitative estimate of drug-likeness (QED) is 0.703. The van der Waals surface area contributed by atoms with Crippen LogP contribution in [-0.4, -0.2) is 30.7 Å². The second-order valence-electron chi connectivity index (χ2n) is 3.30. The molecule has 0 radical (unpaired) electrons. The molecule has 0 aromatic rings. The Bertz CT molecular complexity index is 176. The van der Waals surface area contributed by atoms with Crippen molar-refractivity contribution in [1.82, 2.24) is 5.32 Å². The molecule has 1 heterocycles. The maximum absolute atomic E-state index is 5.53. The van der Waals surface area contributed by atoms with Crippen molar-refractivity contribution in [3.63, 3.8) is 0 Å². The van der Waals surface area contributed by atoms with Crippen LogP contribution in [0.3, 0.4) is 0 Å². The van der Waals surface area contributed by atoms with Crippen molar-refractivity contribution in [2.75, 3.05) is 26.0 Å². The van der Waals surface area contributed by atoms with E-state index in [9.17, 15) is 0 Å². The first-order chi connectivity index (χ1) is 6.25. The molecule has 0 aliphatic carbocycles. The number of rotatable bonds is 4. The average molecular weight is 201 g/mol. The first-order valence-electron chi connectivity index (χ1n) is 4.83. The molecule has 3 heteroatoms. The zero-order chi connectivity index (χ0) is 9.73. The number of hydrogen-bond acceptors (Lipinski definition) is 3. The molecular formula is C10H19NOS. The van der Waals surface area contributed by atoms with Crippen molar-refractivity contribution in [3.05, 3.63) is 12.3 Å². The molecule has 1 saturated heterocycles. The standard InChI is InChI=1S/C10H19NOS/c1-4-12-9(2)10(13-3)5-7-11-8-6-10/h11H,2,4-8H2,1,3H3. The van der Waals surface area contributed by atoms with Crippen LogP contribution in [0.5, 0.6) is 0 Å². The van der Waals surface area contributed by atoms with E-state index in [1.54, 1.807) is 0 Å². The van der Waals surface area contributed by atoms with E-state index in [4.69, 9.17) is 4.74 Å². The molecule has 0 unspecified atom stereocenters. The van der Waals surface area contributed by atoms with Gasteiger partial charge in [0.25, 0.3) is 0 Å². The predicted octanol–water partition coefficient (Wildman–Crippen LogP) is 2.02. The Balaban J connectivity index is 2.61. The smallest absolute Gasteiger partial charge is 0.105 e. The topological polar surface area (TPSA) is 21.3 Å². The summed E-state index contributed by atoms with van der Waals surface area (Å²) in [5.41, 5.74) is 0. The number of nitrogens with one attached hydrogen (secondary N) is 1. The Hall–Kier alpha value is -0.150. The zero-order valence-electron chi connectivity index (χ0n) is 8.56. The highest BCUT2D eigenvalue weighted by Gasteiger charge is 2.35. The molecule has 1 rings (SSSR count). The van der Waals surface area contributed by atoms with Gasteiger partial charge in [-0.05, 0) is 39.1 Å². The Morgan fingerprint density at radius 2 is 2.15 bits per heavy atom. The van der Waals surface area contributed by atoms with E-state index < -0.39 is 0 Å². The molecule has 0 saturated carbocycles. The normalized spacial score (nSPS) is 21.1. The van der Waals surface area contributed by atoms with Gasteiger partial charge in [0.05, 0.1) is 11.4 Å². The summed E-state index contributed by atoms with van der Waals surface area (Å²) in [6.07, 6.45) is 4.41. The summed E-state index contributed by atoms with van der Waals surface area (Å²) in [6.45, 7) is 8.94. The van der Waals surface area contributed by atoms with E-state index in [1.165, 1.54) is 0 Å². The lowest BCUT2D eigenvalue weighted by Crippen LogP contribution is -2.41. The third-order valence-corrected chi connectivity index (χ3v) is 4.05. The van der Waals surface area contributed by atoms with Gasteiger partial charge in [0.15, 0.2) is 0 Å². The van der Waals surface area contributed by atoms with Gasteiger partial charge < -0.3 is 10.1 Å². The van der Waals surface area contributed by atoms with Gasteiger partial charge in [-0.1, -0.05) is 6.58 Å². The molecule has 2 nitrogen and oxygen atoms in total. The molecular weight excluding hydrogens is 182 g/mol. The number of thioether (sulfide) groups is 1. The van der Waals surface area contributed by atoms with Crippen LogP contribution in [0.25, 0.3) is 0 Å². The van der Waals surface area contributed by atoms with E-state index in [0.717, 1.165) is 38.3 Å². The molecule has 1 fully saturated rings. The van der Waals surface area contributed by atoms with Crippen LogP contribution in [0, 0.1) is 0 Å². The first-order valence-corrected chi connectivity index (χ1v) is 6.05. The van der Waals surface area contributed by atoms with Gasteiger partial charge in [-0.3, -0.25) is 0 Å². The molecule has 76 valence electrons. The molecule has 0 aromatic heterocycles. The van der Waals surface area contributed by atoms with Crippen LogP contribution in [0.1, 0.15) is 19.8 Å².